The largest absolute Gasteiger partial charge is 0.370 e. The molecule has 1 rings (SSSR count). The number of carbonyl (C=O) groups excluding carboxylic acids is 1. The van der Waals surface area contributed by atoms with E-state index in [0.717, 1.165) is 16.8 Å². The molecular formula is C12H19N5O4. The highest BCUT2D eigenvalue weighted by Crippen LogP contribution is 2.23. The number of urea groups is 1. The monoisotopic (exact) mass is 297 g/mol. The number of aliphatic imine (C=N–C) groups is 1. The van der Waals surface area contributed by atoms with Crippen molar-refractivity contribution in [3.05, 3.63) is 39.4 Å². The van der Waals surface area contributed by atoms with Crippen LogP contribution in [0.4, 0.5) is 10.5 Å². The molecule has 0 aliphatic rings. The third-order valence-electron chi connectivity index (χ3n) is 2.56. The Morgan fingerprint density at radius 2 is 1.86 bits per heavy atom. The predicted molar refractivity (Wildman–Crippen MR) is 79.2 cm³/mol. The molecule has 0 aliphatic heterocycles. The molecule has 1 aromatic carbocycles. The van der Waals surface area contributed by atoms with Crippen molar-refractivity contribution in [1.82, 2.24) is 5.32 Å². The Labute approximate surface area is 122 Å². The number of rotatable bonds is 1. The van der Waals surface area contributed by atoms with Gasteiger partial charge in [-0.2, -0.15) is 0 Å². The summed E-state index contributed by atoms with van der Waals surface area (Å²) in [4.78, 5) is 25.4. The van der Waals surface area contributed by atoms with Crippen molar-refractivity contribution in [2.75, 3.05) is 19.0 Å². The summed E-state index contributed by atoms with van der Waals surface area (Å²) in [6.07, 6.45) is 0. The Morgan fingerprint density at radius 1 is 1.43 bits per heavy atom. The van der Waals surface area contributed by atoms with Gasteiger partial charge in [-0.15, -0.1) is 10.1 Å². The number of nitrogens with zero attached hydrogens (tertiary/aromatic N) is 3. The molecule has 2 amide bonds. The number of guanidine groups is 1. The number of benzene rings is 1. The number of hydrogen-bond acceptors (Lipinski definition) is 4. The second-order valence-electron chi connectivity index (χ2n) is 4.08. The summed E-state index contributed by atoms with van der Waals surface area (Å²) in [5.41, 5.74) is 8.41. The minimum absolute atomic E-state index is 0.105. The zero-order valence-corrected chi connectivity index (χ0v) is 12.3. The highest BCUT2D eigenvalue weighted by atomic mass is 16.9. The van der Waals surface area contributed by atoms with E-state index >= 15 is 0 Å². The van der Waals surface area contributed by atoms with Crippen molar-refractivity contribution in [2.45, 2.75) is 13.8 Å². The molecular weight excluding hydrogens is 278 g/mol. The molecule has 0 aromatic heterocycles. The molecule has 0 bridgehead atoms. The zero-order chi connectivity index (χ0) is 16.6. The first-order valence-electron chi connectivity index (χ1n) is 5.87. The topological polar surface area (TPSA) is 134 Å². The number of para-hydroxylation sites is 1. The Morgan fingerprint density at radius 3 is 2.24 bits per heavy atom. The summed E-state index contributed by atoms with van der Waals surface area (Å²) in [5.74, 6) is 0.105. The van der Waals surface area contributed by atoms with Crippen molar-refractivity contribution < 1.29 is 15.1 Å². The fourth-order valence-corrected chi connectivity index (χ4v) is 1.69. The average Bonchev–Trinajstić information content (AvgIpc) is 2.37. The number of nitrogens with two attached hydrogens (primary N) is 1. The normalized spacial score (nSPS) is 10.2. The summed E-state index contributed by atoms with van der Waals surface area (Å²) >= 11 is 0. The number of carbonyl (C=O) groups is 1. The molecule has 0 saturated carbocycles. The van der Waals surface area contributed by atoms with E-state index < -0.39 is 5.09 Å². The Balaban J connectivity index is 0.000000885. The summed E-state index contributed by atoms with van der Waals surface area (Å²) in [5, 5.41) is 16.1. The lowest BCUT2D eigenvalue weighted by Gasteiger charge is -2.21. The van der Waals surface area contributed by atoms with Gasteiger partial charge in [-0.25, -0.2) is 4.79 Å². The smallest absolute Gasteiger partial charge is 0.328 e. The molecule has 116 valence electrons. The van der Waals surface area contributed by atoms with Gasteiger partial charge in [0.15, 0.2) is 5.96 Å². The minimum atomic E-state index is -1.50. The van der Waals surface area contributed by atoms with Gasteiger partial charge >= 0.3 is 6.03 Å². The van der Waals surface area contributed by atoms with E-state index in [-0.39, 0.29) is 12.0 Å². The van der Waals surface area contributed by atoms with E-state index in [4.69, 9.17) is 21.1 Å². The van der Waals surface area contributed by atoms with Gasteiger partial charge in [0.05, 0.1) is 5.69 Å². The molecule has 0 spiro atoms. The van der Waals surface area contributed by atoms with Crippen molar-refractivity contribution >= 4 is 17.7 Å². The fourth-order valence-electron chi connectivity index (χ4n) is 1.69. The maximum absolute atomic E-state index is 11.9. The van der Waals surface area contributed by atoms with Gasteiger partial charge in [0.2, 0.25) is 0 Å². The van der Waals surface area contributed by atoms with E-state index in [1.54, 1.807) is 7.05 Å². The van der Waals surface area contributed by atoms with Gasteiger partial charge < -0.3 is 10.9 Å². The predicted octanol–water partition coefficient (Wildman–Crippen LogP) is 1.05. The summed E-state index contributed by atoms with van der Waals surface area (Å²) in [6, 6.07) is 5.58. The van der Waals surface area contributed by atoms with Crippen molar-refractivity contribution in [3.8, 4) is 0 Å². The van der Waals surface area contributed by atoms with E-state index in [2.05, 4.69) is 10.3 Å². The van der Waals surface area contributed by atoms with E-state index in [1.807, 2.05) is 32.0 Å². The first kappa shape index (κ1) is 18.2. The zero-order valence-electron chi connectivity index (χ0n) is 12.3. The fraction of sp³-hybridized carbons (Fsp3) is 0.333. The number of nitrogens with one attached hydrogen (secondary N) is 1. The third-order valence-corrected chi connectivity index (χ3v) is 2.56. The van der Waals surface area contributed by atoms with Gasteiger partial charge in [-0.1, -0.05) is 18.2 Å². The van der Waals surface area contributed by atoms with Gasteiger partial charge in [-0.3, -0.25) is 15.2 Å². The van der Waals surface area contributed by atoms with Crippen LogP contribution in [0, 0.1) is 24.0 Å². The Kier molecular flexibility index (Phi) is 7.22. The Bertz CT molecular complexity index is 520. The van der Waals surface area contributed by atoms with Gasteiger partial charge in [-0.05, 0) is 25.0 Å². The van der Waals surface area contributed by atoms with Gasteiger partial charge in [0.1, 0.15) is 0 Å². The quantitative estimate of drug-likeness (QED) is 0.308. The number of aryl methyl sites for hydroxylation is 2. The summed E-state index contributed by atoms with van der Waals surface area (Å²) in [7, 11) is 3.22. The molecule has 0 atom stereocenters. The van der Waals surface area contributed by atoms with Crippen LogP contribution in [-0.2, 0) is 0 Å². The molecule has 0 unspecified atom stereocenters. The second-order valence-corrected chi connectivity index (χ2v) is 4.08. The van der Waals surface area contributed by atoms with Crippen LogP contribution < -0.4 is 16.0 Å². The van der Waals surface area contributed by atoms with E-state index in [1.165, 1.54) is 11.9 Å². The lowest BCUT2D eigenvalue weighted by atomic mass is 10.1. The van der Waals surface area contributed by atoms with Crippen LogP contribution in [0.5, 0.6) is 0 Å². The number of hydrogen-bond donors (Lipinski definition) is 3. The molecule has 9 nitrogen and oxygen atoms in total. The van der Waals surface area contributed by atoms with E-state index in [0.29, 0.717) is 0 Å². The van der Waals surface area contributed by atoms with Crippen LogP contribution in [0.1, 0.15) is 11.1 Å². The number of anilines is 1. The van der Waals surface area contributed by atoms with Crippen LogP contribution in [0.3, 0.4) is 0 Å². The van der Waals surface area contributed by atoms with Crippen LogP contribution in [0.15, 0.2) is 23.2 Å². The molecule has 0 fully saturated rings. The van der Waals surface area contributed by atoms with Crippen molar-refractivity contribution in [1.29, 1.82) is 0 Å². The lowest BCUT2D eigenvalue weighted by molar-refractivity contribution is -0.742. The standard InChI is InChI=1S/C12H18N4O.HNO3/c1-8-6-5-7-9(2)10(8)16(4)12(17)15-11(13)14-3;2-1(3)4/h5-7H,1-4H3,(H3,13,14,15,17);(H,2,3,4). The lowest BCUT2D eigenvalue weighted by Crippen LogP contribution is -2.44. The summed E-state index contributed by atoms with van der Waals surface area (Å²) < 4.78 is 0. The third kappa shape index (κ3) is 6.23. The van der Waals surface area contributed by atoms with Gasteiger partial charge in [0.25, 0.3) is 5.09 Å². The highest BCUT2D eigenvalue weighted by Gasteiger charge is 2.15. The molecule has 0 aliphatic carbocycles. The number of amides is 2. The molecule has 9 heteroatoms. The van der Waals surface area contributed by atoms with Crippen LogP contribution in [0.25, 0.3) is 0 Å². The highest BCUT2D eigenvalue weighted by molar-refractivity contribution is 6.03. The van der Waals surface area contributed by atoms with E-state index in [9.17, 15) is 4.79 Å². The first-order valence-corrected chi connectivity index (χ1v) is 5.87. The second kappa shape index (κ2) is 8.35. The summed E-state index contributed by atoms with van der Waals surface area (Å²) in [6.45, 7) is 3.92. The molecule has 0 saturated heterocycles. The molecule has 4 N–H and O–H groups in total. The Hall–Kier alpha value is -2.84. The van der Waals surface area contributed by atoms with Crippen molar-refractivity contribution in [2.24, 2.45) is 10.7 Å². The molecule has 0 radical (unpaired) electrons. The van der Waals surface area contributed by atoms with Crippen LogP contribution >= 0.6 is 0 Å². The van der Waals surface area contributed by atoms with Crippen LogP contribution in [0.2, 0.25) is 0 Å². The maximum Gasteiger partial charge on any atom is 0.328 e. The molecule has 21 heavy (non-hydrogen) atoms. The van der Waals surface area contributed by atoms with Crippen LogP contribution in [-0.4, -0.2) is 36.4 Å². The minimum Gasteiger partial charge on any atom is -0.370 e. The SMILES string of the molecule is CN=C(N)NC(=O)N(C)c1c(C)cccc1C.O=[N+]([O-])O. The maximum atomic E-state index is 11.9. The van der Waals surface area contributed by atoms with Crippen molar-refractivity contribution in [3.63, 3.8) is 0 Å². The average molecular weight is 297 g/mol. The molecule has 1 aromatic rings. The molecule has 0 heterocycles. The van der Waals surface area contributed by atoms with Gasteiger partial charge in [0, 0.05) is 14.1 Å². The first-order chi connectivity index (χ1) is 9.70.